The number of aliphatic hydroxyl groups excluding tert-OH is 2. The Morgan fingerprint density at radius 1 is 1.13 bits per heavy atom. The highest BCUT2D eigenvalue weighted by Gasteiger charge is 2.38. The van der Waals surface area contributed by atoms with Gasteiger partial charge in [-0.3, -0.25) is 4.79 Å². The van der Waals surface area contributed by atoms with Gasteiger partial charge in [-0.2, -0.15) is 0 Å². The lowest BCUT2D eigenvalue weighted by atomic mass is 9.74. The van der Waals surface area contributed by atoms with Crippen molar-refractivity contribution in [2.45, 2.75) is 69.9 Å². The van der Waals surface area contributed by atoms with Gasteiger partial charge in [-0.15, -0.1) is 0 Å². The zero-order valence-corrected chi connectivity index (χ0v) is 23.3. The minimum Gasteiger partial charge on any atom is -0.393 e. The quantitative estimate of drug-likeness (QED) is 0.253. The van der Waals surface area contributed by atoms with E-state index in [0.29, 0.717) is 31.2 Å². The molecule has 1 aliphatic rings. The van der Waals surface area contributed by atoms with Crippen LogP contribution in [0.2, 0.25) is 0 Å². The van der Waals surface area contributed by atoms with Gasteiger partial charge in [0.25, 0.3) is 0 Å². The number of aliphatic hydroxyl groups is 2. The van der Waals surface area contributed by atoms with Crippen LogP contribution in [0.3, 0.4) is 0 Å². The largest absolute Gasteiger partial charge is 0.393 e. The van der Waals surface area contributed by atoms with Gasteiger partial charge < -0.3 is 25.7 Å². The van der Waals surface area contributed by atoms with Crippen LogP contribution in [0.5, 0.6) is 0 Å². The summed E-state index contributed by atoms with van der Waals surface area (Å²) >= 11 is 0. The molecule has 0 saturated heterocycles. The Balaban J connectivity index is 1.85. The molecule has 214 valence electrons. The molecule has 0 aromatic heterocycles. The molecular weight excluding hydrogens is 504 g/mol. The smallest absolute Gasteiger partial charge is 0.225 e. The fraction of sp³-hybridized carbons (Fsp3) is 0.533. The fourth-order valence-corrected chi connectivity index (χ4v) is 5.10. The normalized spacial score (nSPS) is 19.3. The van der Waals surface area contributed by atoms with Crippen molar-refractivity contribution in [3.8, 4) is 0 Å². The molecule has 1 saturated carbocycles. The molecule has 7 nitrogen and oxygen atoms in total. The second-order valence-electron chi connectivity index (χ2n) is 11.3. The predicted molar refractivity (Wildman–Crippen MR) is 147 cm³/mol. The molecule has 2 aromatic rings. The lowest BCUT2D eigenvalue weighted by Gasteiger charge is -2.41. The summed E-state index contributed by atoms with van der Waals surface area (Å²) < 4.78 is 27.6. The van der Waals surface area contributed by atoms with Gasteiger partial charge in [0.05, 0.1) is 24.3 Å². The summed E-state index contributed by atoms with van der Waals surface area (Å²) in [5.41, 5.74) is 2.93. The van der Waals surface area contributed by atoms with Crippen LogP contribution in [-0.4, -0.2) is 54.7 Å². The monoisotopic (exact) mass is 545 g/mol. The van der Waals surface area contributed by atoms with Gasteiger partial charge in [0, 0.05) is 25.2 Å². The van der Waals surface area contributed by atoms with Crippen molar-refractivity contribution >= 4 is 11.6 Å². The Morgan fingerprint density at radius 3 is 2.38 bits per heavy atom. The number of halogens is 2. The Labute approximate surface area is 229 Å². The molecule has 4 N–H and O–H groups in total. The van der Waals surface area contributed by atoms with Crippen LogP contribution >= 0.6 is 0 Å². The van der Waals surface area contributed by atoms with E-state index in [1.807, 2.05) is 6.07 Å². The van der Waals surface area contributed by atoms with E-state index in [1.165, 1.54) is 24.7 Å². The van der Waals surface area contributed by atoms with Crippen molar-refractivity contribution in [3.05, 3.63) is 70.8 Å². The average molecular weight is 546 g/mol. The van der Waals surface area contributed by atoms with Crippen molar-refractivity contribution in [1.82, 2.24) is 10.6 Å². The molecule has 0 aliphatic heterocycles. The number of rotatable bonds is 11. The summed E-state index contributed by atoms with van der Waals surface area (Å²) in [7, 11) is 1.47. The molecule has 2 unspecified atom stereocenters. The first-order valence-corrected chi connectivity index (χ1v) is 13.5. The average Bonchev–Trinajstić information content (AvgIpc) is 2.90. The first-order valence-electron chi connectivity index (χ1n) is 13.5. The summed E-state index contributed by atoms with van der Waals surface area (Å²) in [6, 6.07) is 11.5. The van der Waals surface area contributed by atoms with Crippen LogP contribution in [0.1, 0.15) is 63.1 Å². The molecule has 0 heterocycles. The highest BCUT2D eigenvalue weighted by molar-refractivity contribution is 5.85. The molecule has 0 bridgehead atoms. The van der Waals surface area contributed by atoms with E-state index in [2.05, 4.69) is 54.8 Å². The van der Waals surface area contributed by atoms with Crippen LogP contribution in [0.4, 0.5) is 8.78 Å². The number of hydrogen-bond acceptors (Lipinski definition) is 6. The molecule has 39 heavy (non-hydrogen) atoms. The Bertz CT molecular complexity index is 1120. The maximum absolute atomic E-state index is 13.8. The summed E-state index contributed by atoms with van der Waals surface area (Å²) in [5.74, 6) is -2.77. The van der Waals surface area contributed by atoms with Gasteiger partial charge in [-0.1, -0.05) is 50.2 Å². The van der Waals surface area contributed by atoms with Crippen LogP contribution in [0.25, 0.3) is 0 Å². The van der Waals surface area contributed by atoms with Crippen molar-refractivity contribution in [3.63, 3.8) is 0 Å². The lowest BCUT2D eigenvalue weighted by molar-refractivity contribution is -0.128. The van der Waals surface area contributed by atoms with Gasteiger partial charge in [-0.25, -0.2) is 8.78 Å². The molecular formula is C30H41F2N3O4. The van der Waals surface area contributed by atoms with Crippen LogP contribution < -0.4 is 10.6 Å². The van der Waals surface area contributed by atoms with Crippen molar-refractivity contribution in [1.29, 1.82) is 0 Å². The molecule has 3 rings (SSSR count). The van der Waals surface area contributed by atoms with Gasteiger partial charge in [0.2, 0.25) is 5.91 Å². The minimum atomic E-state index is -1.11. The van der Waals surface area contributed by atoms with Crippen LogP contribution in [-0.2, 0) is 27.0 Å². The highest BCUT2D eigenvalue weighted by Crippen LogP contribution is 2.38. The number of oxime groups is 1. The van der Waals surface area contributed by atoms with E-state index in [9.17, 15) is 18.7 Å². The van der Waals surface area contributed by atoms with Gasteiger partial charge in [-0.05, 0) is 66.3 Å². The number of nitrogens with zero attached hydrogens (tertiary/aromatic N) is 1. The number of amides is 1. The highest BCUT2D eigenvalue weighted by atomic mass is 19.1. The van der Waals surface area contributed by atoms with E-state index >= 15 is 0 Å². The maximum atomic E-state index is 13.8. The molecule has 2 atom stereocenters. The fourth-order valence-electron chi connectivity index (χ4n) is 5.10. The molecule has 1 fully saturated rings. The standard InChI is InChI=1S/C30H41F2N3O4/c1-29(2,3)21-6-5-7-22(17-21)30(10-8-25(9-11-30)35-39-13-12-36)34-19-27(37)26(28(38)33-4)16-20-14-23(31)18-24(32)15-20/h5-7,14-15,17-18,26-27,34,36-37H,8-13,16,19H2,1-4H3,(H,33,38). The molecule has 9 heteroatoms. The van der Waals surface area contributed by atoms with Crippen molar-refractivity contribution in [2.75, 3.05) is 26.8 Å². The molecule has 0 radical (unpaired) electrons. The van der Waals surface area contributed by atoms with Gasteiger partial charge in [0.15, 0.2) is 0 Å². The third-order valence-corrected chi connectivity index (χ3v) is 7.41. The lowest BCUT2D eigenvalue weighted by Crippen LogP contribution is -2.51. The van der Waals surface area contributed by atoms with E-state index in [-0.39, 0.29) is 31.6 Å². The third-order valence-electron chi connectivity index (χ3n) is 7.41. The van der Waals surface area contributed by atoms with E-state index in [1.54, 1.807) is 0 Å². The second-order valence-corrected chi connectivity index (χ2v) is 11.3. The van der Waals surface area contributed by atoms with Gasteiger partial charge in [0.1, 0.15) is 18.2 Å². The van der Waals surface area contributed by atoms with Crippen LogP contribution in [0, 0.1) is 17.6 Å². The van der Waals surface area contributed by atoms with Crippen molar-refractivity contribution < 1.29 is 28.6 Å². The Kier molecular flexibility index (Phi) is 10.6. The molecule has 2 aromatic carbocycles. The first kappa shape index (κ1) is 30.7. The zero-order chi connectivity index (χ0) is 28.6. The first-order chi connectivity index (χ1) is 18.5. The van der Waals surface area contributed by atoms with Gasteiger partial charge >= 0.3 is 0 Å². The zero-order valence-electron chi connectivity index (χ0n) is 23.3. The Morgan fingerprint density at radius 2 is 1.79 bits per heavy atom. The number of benzene rings is 2. The maximum Gasteiger partial charge on any atom is 0.225 e. The minimum absolute atomic E-state index is 0.0112. The van der Waals surface area contributed by atoms with E-state index in [4.69, 9.17) is 9.94 Å². The number of hydrogen-bond donors (Lipinski definition) is 4. The van der Waals surface area contributed by atoms with Crippen molar-refractivity contribution in [2.24, 2.45) is 11.1 Å². The SMILES string of the molecule is CNC(=O)C(Cc1cc(F)cc(F)c1)C(O)CNC1(c2cccc(C(C)(C)C)c2)CCC(=NOCCO)CC1. The van der Waals surface area contributed by atoms with E-state index < -0.39 is 35.1 Å². The second kappa shape index (κ2) is 13.5. The number of nitrogens with one attached hydrogen (secondary N) is 2. The number of carbonyl (C=O) groups is 1. The number of carbonyl (C=O) groups excluding carboxylic acids is 1. The molecule has 1 amide bonds. The third kappa shape index (κ3) is 8.30. The summed E-state index contributed by atoms with van der Waals surface area (Å²) in [6.45, 7) is 6.61. The van der Waals surface area contributed by atoms with Crippen LogP contribution in [0.15, 0.2) is 47.6 Å². The molecule has 1 aliphatic carbocycles. The summed E-state index contributed by atoms with van der Waals surface area (Å²) in [4.78, 5) is 17.9. The predicted octanol–water partition coefficient (Wildman–Crippen LogP) is 3.95. The summed E-state index contributed by atoms with van der Waals surface area (Å²) in [6.07, 6.45) is 1.58. The topological polar surface area (TPSA) is 103 Å². The molecule has 0 spiro atoms. The van der Waals surface area contributed by atoms with E-state index in [0.717, 1.165) is 17.3 Å². The summed E-state index contributed by atoms with van der Waals surface area (Å²) in [5, 5.41) is 30.5. The Hall–Kier alpha value is -2.88.